The molecule has 0 bridgehead atoms. The normalized spacial score (nSPS) is 14.4. The number of ether oxygens (including phenoxy) is 1. The minimum absolute atomic E-state index is 0.330. The van der Waals surface area contributed by atoms with E-state index in [1.54, 1.807) is 30.3 Å². The van der Waals surface area contributed by atoms with Gasteiger partial charge in [-0.2, -0.15) is 4.39 Å². The summed E-state index contributed by atoms with van der Waals surface area (Å²) in [6.45, 7) is 2.31. The van der Waals surface area contributed by atoms with Crippen LogP contribution in [0.1, 0.15) is 0 Å². The summed E-state index contributed by atoms with van der Waals surface area (Å²) < 4.78 is 35.8. The predicted molar refractivity (Wildman–Crippen MR) is 119 cm³/mol. The molecule has 6 rings (SSSR count). The summed E-state index contributed by atoms with van der Waals surface area (Å²) >= 11 is 0. The van der Waals surface area contributed by atoms with Gasteiger partial charge in [0.1, 0.15) is 5.82 Å². The summed E-state index contributed by atoms with van der Waals surface area (Å²) in [7, 11) is 0. The van der Waals surface area contributed by atoms with Crippen LogP contribution in [0.15, 0.2) is 53.5 Å². The fraction of sp³-hybridized carbons (Fsp3) is 0.174. The van der Waals surface area contributed by atoms with E-state index in [4.69, 9.17) is 9.72 Å². The number of hydrogen-bond acceptors (Lipinski definition) is 5. The van der Waals surface area contributed by atoms with Crippen LogP contribution in [0.25, 0.3) is 39.2 Å². The van der Waals surface area contributed by atoms with Crippen LogP contribution in [0.2, 0.25) is 0 Å². The zero-order valence-corrected chi connectivity index (χ0v) is 17.3. The SMILES string of the molecule is O=c1[nH]c2ccc(-c3c(-c4ccc(F)cc4)nc4c(N5CCOCC5)ncc(F)n34)cc2[nH]1. The third kappa shape index (κ3) is 3.26. The van der Waals surface area contributed by atoms with E-state index in [1.165, 1.54) is 22.7 Å². The molecule has 10 heteroatoms. The highest BCUT2D eigenvalue weighted by Gasteiger charge is 2.25. The summed E-state index contributed by atoms with van der Waals surface area (Å²) in [4.78, 5) is 28.3. The topological polar surface area (TPSA) is 91.3 Å². The number of halogens is 2. The Hall–Kier alpha value is -4.05. The third-order valence-corrected chi connectivity index (χ3v) is 5.80. The fourth-order valence-electron chi connectivity index (χ4n) is 4.26. The monoisotopic (exact) mass is 448 g/mol. The summed E-state index contributed by atoms with van der Waals surface area (Å²) in [6.07, 6.45) is 1.17. The molecule has 1 aliphatic rings. The average molecular weight is 448 g/mol. The first-order chi connectivity index (χ1) is 16.1. The second-order valence-electron chi connectivity index (χ2n) is 7.82. The Morgan fingerprint density at radius 3 is 2.45 bits per heavy atom. The number of H-pyrrole nitrogens is 2. The molecular formula is C23H18F2N6O2. The van der Waals surface area contributed by atoms with Crippen molar-refractivity contribution in [3.63, 3.8) is 0 Å². The molecule has 3 aromatic heterocycles. The van der Waals surface area contributed by atoms with E-state index < -0.39 is 5.95 Å². The van der Waals surface area contributed by atoms with Crippen molar-refractivity contribution in [3.05, 3.63) is 70.9 Å². The molecule has 2 aromatic carbocycles. The van der Waals surface area contributed by atoms with E-state index in [9.17, 15) is 9.18 Å². The van der Waals surface area contributed by atoms with Gasteiger partial charge < -0.3 is 19.6 Å². The van der Waals surface area contributed by atoms with Crippen molar-refractivity contribution in [3.8, 4) is 22.5 Å². The number of nitrogens with zero attached hydrogens (tertiary/aromatic N) is 4. The lowest BCUT2D eigenvalue weighted by Gasteiger charge is -2.27. The number of anilines is 1. The molecule has 0 saturated carbocycles. The molecule has 0 spiro atoms. The van der Waals surface area contributed by atoms with E-state index >= 15 is 4.39 Å². The van der Waals surface area contributed by atoms with E-state index in [-0.39, 0.29) is 11.5 Å². The van der Waals surface area contributed by atoms with Gasteiger partial charge in [0.05, 0.1) is 41.8 Å². The number of benzene rings is 2. The van der Waals surface area contributed by atoms with E-state index in [0.29, 0.717) is 71.3 Å². The molecule has 0 atom stereocenters. The highest BCUT2D eigenvalue weighted by atomic mass is 19.1. The Labute approximate surface area is 185 Å². The molecular weight excluding hydrogens is 430 g/mol. The molecule has 0 unspecified atom stereocenters. The number of nitrogens with one attached hydrogen (secondary N) is 2. The second kappa shape index (κ2) is 7.52. The van der Waals surface area contributed by atoms with Crippen LogP contribution in [0.5, 0.6) is 0 Å². The predicted octanol–water partition coefficient (Wildman–Crippen LogP) is 3.35. The molecule has 2 N–H and O–H groups in total. The summed E-state index contributed by atoms with van der Waals surface area (Å²) in [5, 5.41) is 0. The zero-order valence-electron chi connectivity index (χ0n) is 17.3. The lowest BCUT2D eigenvalue weighted by atomic mass is 10.0. The van der Waals surface area contributed by atoms with E-state index in [0.717, 1.165) is 0 Å². The molecule has 33 heavy (non-hydrogen) atoms. The van der Waals surface area contributed by atoms with Crippen molar-refractivity contribution >= 4 is 22.5 Å². The Kier molecular flexibility index (Phi) is 4.47. The molecule has 1 aliphatic heterocycles. The van der Waals surface area contributed by atoms with Crippen LogP contribution in [-0.2, 0) is 4.74 Å². The standard InChI is InChI=1S/C23H18F2N6O2/c24-15-4-1-13(2-5-15)19-20(14-3-6-16-17(11-14)28-23(32)27-16)31-18(25)12-26-21(22(31)29-19)30-7-9-33-10-8-30/h1-6,11-12H,7-10H2,(H2,27,28,32). The second-order valence-corrected chi connectivity index (χ2v) is 7.82. The van der Waals surface area contributed by atoms with Gasteiger partial charge in [-0.1, -0.05) is 6.07 Å². The molecule has 1 fully saturated rings. The molecule has 0 amide bonds. The van der Waals surface area contributed by atoms with Crippen LogP contribution >= 0.6 is 0 Å². The van der Waals surface area contributed by atoms with Crippen LogP contribution in [0.4, 0.5) is 14.6 Å². The van der Waals surface area contributed by atoms with Crippen molar-refractivity contribution in [1.29, 1.82) is 0 Å². The third-order valence-electron chi connectivity index (χ3n) is 5.80. The van der Waals surface area contributed by atoms with Crippen LogP contribution in [-0.4, -0.2) is 50.6 Å². The van der Waals surface area contributed by atoms with Gasteiger partial charge in [0.2, 0.25) is 5.95 Å². The number of morpholine rings is 1. The van der Waals surface area contributed by atoms with Gasteiger partial charge in [-0.25, -0.2) is 19.2 Å². The van der Waals surface area contributed by atoms with Crippen molar-refractivity contribution in [2.24, 2.45) is 0 Å². The number of aromatic amines is 2. The highest BCUT2D eigenvalue weighted by molar-refractivity contribution is 5.88. The number of rotatable bonds is 3. The van der Waals surface area contributed by atoms with Gasteiger partial charge in [0.25, 0.3) is 0 Å². The molecule has 166 valence electrons. The maximum atomic E-state index is 15.3. The van der Waals surface area contributed by atoms with Crippen LogP contribution < -0.4 is 10.6 Å². The maximum Gasteiger partial charge on any atom is 0.323 e. The number of fused-ring (bicyclic) bond motifs is 2. The first kappa shape index (κ1) is 19.6. The minimum Gasteiger partial charge on any atom is -0.378 e. The first-order valence-electron chi connectivity index (χ1n) is 10.5. The lowest BCUT2D eigenvalue weighted by molar-refractivity contribution is 0.122. The highest BCUT2D eigenvalue weighted by Crippen LogP contribution is 2.36. The van der Waals surface area contributed by atoms with Gasteiger partial charge in [0, 0.05) is 24.2 Å². The fourth-order valence-corrected chi connectivity index (χ4v) is 4.26. The Bertz CT molecular complexity index is 1550. The van der Waals surface area contributed by atoms with Crippen molar-refractivity contribution < 1.29 is 13.5 Å². The van der Waals surface area contributed by atoms with Gasteiger partial charge in [-0.3, -0.25) is 4.40 Å². The van der Waals surface area contributed by atoms with E-state index in [2.05, 4.69) is 15.0 Å². The summed E-state index contributed by atoms with van der Waals surface area (Å²) in [5.74, 6) is -0.414. The van der Waals surface area contributed by atoms with Crippen molar-refractivity contribution in [2.75, 3.05) is 31.2 Å². The molecule has 1 saturated heterocycles. The number of imidazole rings is 2. The number of hydrogen-bond donors (Lipinski definition) is 2. The minimum atomic E-state index is -0.583. The zero-order chi connectivity index (χ0) is 22.5. The van der Waals surface area contributed by atoms with Crippen molar-refractivity contribution in [1.82, 2.24) is 24.3 Å². The Morgan fingerprint density at radius 1 is 0.939 bits per heavy atom. The smallest absolute Gasteiger partial charge is 0.323 e. The molecule has 5 aromatic rings. The maximum absolute atomic E-state index is 15.3. The Balaban J connectivity index is 1.66. The summed E-state index contributed by atoms with van der Waals surface area (Å²) in [5.41, 5.74) is 3.48. The number of aromatic nitrogens is 5. The molecule has 0 radical (unpaired) electrons. The van der Waals surface area contributed by atoms with Gasteiger partial charge in [0.15, 0.2) is 11.5 Å². The van der Waals surface area contributed by atoms with Gasteiger partial charge in [-0.15, -0.1) is 0 Å². The van der Waals surface area contributed by atoms with Crippen molar-refractivity contribution in [2.45, 2.75) is 0 Å². The molecule has 8 nitrogen and oxygen atoms in total. The lowest BCUT2D eigenvalue weighted by Crippen LogP contribution is -2.37. The quantitative estimate of drug-likeness (QED) is 0.442. The molecule has 0 aliphatic carbocycles. The van der Waals surface area contributed by atoms with Crippen LogP contribution in [0, 0.1) is 11.8 Å². The largest absolute Gasteiger partial charge is 0.378 e. The average Bonchev–Trinajstić information content (AvgIpc) is 3.40. The van der Waals surface area contributed by atoms with Gasteiger partial charge >= 0.3 is 5.69 Å². The Morgan fingerprint density at radius 2 is 1.67 bits per heavy atom. The summed E-state index contributed by atoms with van der Waals surface area (Å²) in [6, 6.07) is 11.2. The van der Waals surface area contributed by atoms with E-state index in [1.807, 2.05) is 4.90 Å². The first-order valence-corrected chi connectivity index (χ1v) is 10.5. The van der Waals surface area contributed by atoms with Crippen LogP contribution in [0.3, 0.4) is 0 Å². The molecule has 4 heterocycles. The van der Waals surface area contributed by atoms with Gasteiger partial charge in [-0.05, 0) is 36.4 Å².